The third-order valence-electron chi connectivity index (χ3n) is 5.36. The number of rotatable bonds is 0. The molecule has 4 atom stereocenters. The van der Waals surface area contributed by atoms with Gasteiger partial charge in [-0.05, 0) is 30.6 Å². The van der Waals surface area contributed by atoms with Crippen molar-refractivity contribution in [3.8, 4) is 0 Å². The fraction of sp³-hybridized carbons (Fsp3) is 0.867. The van der Waals surface area contributed by atoms with E-state index in [1.165, 1.54) is 19.3 Å². The van der Waals surface area contributed by atoms with Gasteiger partial charge in [-0.3, -0.25) is 0 Å². The number of hydrogen-bond donors (Lipinski definition) is 0. The molecule has 2 nitrogen and oxygen atoms in total. The smallest absolute Gasteiger partial charge is 0.147 e. The van der Waals surface area contributed by atoms with Gasteiger partial charge in [0.25, 0.3) is 0 Å². The van der Waals surface area contributed by atoms with Crippen LogP contribution >= 0.6 is 0 Å². The van der Waals surface area contributed by atoms with E-state index in [0.717, 1.165) is 0 Å². The first-order chi connectivity index (χ1) is 7.95. The van der Waals surface area contributed by atoms with Crippen LogP contribution in [0, 0.1) is 16.7 Å². The normalized spacial score (nSPS) is 48.2. The average Bonchev–Trinajstić information content (AvgIpc) is 2.54. The van der Waals surface area contributed by atoms with E-state index in [1.807, 2.05) is 0 Å². The molecule has 1 aliphatic heterocycles. The van der Waals surface area contributed by atoms with Gasteiger partial charge in [0.15, 0.2) is 0 Å². The highest BCUT2D eigenvalue weighted by Crippen LogP contribution is 2.60. The summed E-state index contributed by atoms with van der Waals surface area (Å²) in [6, 6.07) is 0. The first kappa shape index (κ1) is 11.7. The van der Waals surface area contributed by atoms with Gasteiger partial charge in [-0.15, -0.1) is 0 Å². The highest BCUT2D eigenvalue weighted by atomic mass is 16.7. The second-order valence-electron chi connectivity index (χ2n) is 6.88. The SMILES string of the molecule is C[C@H]1OCOC2C=C3C(C)(C)CCCC3(C)C21. The summed E-state index contributed by atoms with van der Waals surface area (Å²) in [6.45, 7) is 9.88. The fourth-order valence-electron chi connectivity index (χ4n) is 4.60. The topological polar surface area (TPSA) is 18.5 Å². The Morgan fingerprint density at radius 1 is 1.18 bits per heavy atom. The molecule has 1 saturated carbocycles. The summed E-state index contributed by atoms with van der Waals surface area (Å²) in [7, 11) is 0. The molecule has 3 rings (SSSR count). The second-order valence-corrected chi connectivity index (χ2v) is 6.88. The van der Waals surface area contributed by atoms with Crippen LogP contribution in [0.5, 0.6) is 0 Å². The molecule has 0 spiro atoms. The van der Waals surface area contributed by atoms with E-state index in [1.54, 1.807) is 5.57 Å². The minimum atomic E-state index is 0.288. The van der Waals surface area contributed by atoms with Gasteiger partial charge in [-0.2, -0.15) is 0 Å². The van der Waals surface area contributed by atoms with Crippen molar-refractivity contribution in [2.24, 2.45) is 16.7 Å². The summed E-state index contributed by atoms with van der Waals surface area (Å²) in [6.07, 6.45) is 6.96. The predicted octanol–water partition coefficient (Wildman–Crippen LogP) is 3.52. The van der Waals surface area contributed by atoms with Gasteiger partial charge in [0.1, 0.15) is 6.79 Å². The number of allylic oxidation sites excluding steroid dienone is 1. The van der Waals surface area contributed by atoms with E-state index in [9.17, 15) is 0 Å². The van der Waals surface area contributed by atoms with Crippen molar-refractivity contribution in [1.82, 2.24) is 0 Å². The molecular formula is C15H24O2. The van der Waals surface area contributed by atoms with E-state index >= 15 is 0 Å². The molecule has 0 N–H and O–H groups in total. The molecule has 0 aromatic carbocycles. The van der Waals surface area contributed by atoms with Crippen LogP contribution in [0.25, 0.3) is 0 Å². The Bertz CT molecular complexity index is 358. The molecular weight excluding hydrogens is 212 g/mol. The maximum Gasteiger partial charge on any atom is 0.147 e. The third-order valence-corrected chi connectivity index (χ3v) is 5.36. The Morgan fingerprint density at radius 3 is 2.71 bits per heavy atom. The zero-order valence-corrected chi connectivity index (χ0v) is 11.5. The molecule has 0 bridgehead atoms. The molecule has 0 aromatic heterocycles. The fourth-order valence-corrected chi connectivity index (χ4v) is 4.60. The predicted molar refractivity (Wildman–Crippen MR) is 67.6 cm³/mol. The Morgan fingerprint density at radius 2 is 1.94 bits per heavy atom. The van der Waals surface area contributed by atoms with E-state index < -0.39 is 0 Å². The first-order valence-corrected chi connectivity index (χ1v) is 6.91. The summed E-state index contributed by atoms with van der Waals surface area (Å²) in [5.74, 6) is 0.519. The molecule has 0 radical (unpaired) electrons. The zero-order chi connectivity index (χ0) is 12.3. The highest BCUT2D eigenvalue weighted by Gasteiger charge is 2.55. The molecule has 2 heteroatoms. The Hall–Kier alpha value is -0.340. The van der Waals surface area contributed by atoms with Gasteiger partial charge >= 0.3 is 0 Å². The molecule has 3 unspecified atom stereocenters. The lowest BCUT2D eigenvalue weighted by Crippen LogP contribution is -2.47. The summed E-state index contributed by atoms with van der Waals surface area (Å²) < 4.78 is 11.5. The van der Waals surface area contributed by atoms with Gasteiger partial charge in [-0.1, -0.05) is 38.8 Å². The number of hydrogen-bond acceptors (Lipinski definition) is 2. The highest BCUT2D eigenvalue weighted by molar-refractivity contribution is 5.33. The largest absolute Gasteiger partial charge is 0.352 e. The van der Waals surface area contributed by atoms with Crippen molar-refractivity contribution in [2.75, 3.05) is 6.79 Å². The minimum absolute atomic E-state index is 0.288. The molecule has 96 valence electrons. The molecule has 0 aromatic rings. The van der Waals surface area contributed by atoms with Gasteiger partial charge in [0, 0.05) is 5.92 Å². The van der Waals surface area contributed by atoms with Crippen LogP contribution in [-0.4, -0.2) is 19.0 Å². The molecule has 3 aliphatic rings. The van der Waals surface area contributed by atoms with Crippen LogP contribution in [0.15, 0.2) is 11.6 Å². The average molecular weight is 236 g/mol. The van der Waals surface area contributed by atoms with Crippen molar-refractivity contribution < 1.29 is 9.47 Å². The van der Waals surface area contributed by atoms with Crippen LogP contribution in [0.4, 0.5) is 0 Å². The molecule has 1 heterocycles. The lowest BCUT2D eigenvalue weighted by molar-refractivity contribution is -0.204. The van der Waals surface area contributed by atoms with Crippen LogP contribution in [0.2, 0.25) is 0 Å². The first-order valence-electron chi connectivity index (χ1n) is 6.91. The summed E-state index contributed by atoms with van der Waals surface area (Å²) in [5, 5.41) is 0. The second kappa shape index (κ2) is 3.58. The van der Waals surface area contributed by atoms with Crippen molar-refractivity contribution in [3.63, 3.8) is 0 Å². The number of fused-ring (bicyclic) bond motifs is 3. The Balaban J connectivity index is 2.02. The van der Waals surface area contributed by atoms with Crippen LogP contribution < -0.4 is 0 Å². The summed E-state index contributed by atoms with van der Waals surface area (Å²) >= 11 is 0. The lowest BCUT2D eigenvalue weighted by atomic mass is 9.58. The maximum atomic E-state index is 5.82. The lowest BCUT2D eigenvalue weighted by Gasteiger charge is -2.49. The van der Waals surface area contributed by atoms with Gasteiger partial charge in [-0.25, -0.2) is 0 Å². The van der Waals surface area contributed by atoms with Crippen LogP contribution in [0.3, 0.4) is 0 Å². The zero-order valence-electron chi connectivity index (χ0n) is 11.5. The van der Waals surface area contributed by atoms with Crippen molar-refractivity contribution in [2.45, 2.75) is 59.2 Å². The molecule has 17 heavy (non-hydrogen) atoms. The Labute approximate surface area is 104 Å². The Kier molecular flexibility index (Phi) is 2.47. The van der Waals surface area contributed by atoms with Crippen molar-refractivity contribution in [1.29, 1.82) is 0 Å². The van der Waals surface area contributed by atoms with Crippen molar-refractivity contribution in [3.05, 3.63) is 11.6 Å². The molecule has 2 fully saturated rings. The minimum Gasteiger partial charge on any atom is -0.352 e. The van der Waals surface area contributed by atoms with Gasteiger partial charge in [0.2, 0.25) is 0 Å². The van der Waals surface area contributed by atoms with E-state index in [0.29, 0.717) is 29.6 Å². The van der Waals surface area contributed by atoms with E-state index in [-0.39, 0.29) is 6.10 Å². The standard InChI is InChI=1S/C15H24O2/c1-10-13-11(17-9-16-10)8-12-14(2,3)6-5-7-15(12,13)4/h8,10-11,13H,5-7,9H2,1-4H3/t10-,11?,13?,15?/m1/s1. The number of ether oxygens (including phenoxy) is 2. The van der Waals surface area contributed by atoms with E-state index in [2.05, 4.69) is 33.8 Å². The van der Waals surface area contributed by atoms with Crippen molar-refractivity contribution >= 4 is 0 Å². The van der Waals surface area contributed by atoms with Crippen LogP contribution in [0.1, 0.15) is 47.0 Å². The van der Waals surface area contributed by atoms with Gasteiger partial charge < -0.3 is 9.47 Å². The molecule has 2 aliphatic carbocycles. The van der Waals surface area contributed by atoms with Gasteiger partial charge in [0.05, 0.1) is 12.2 Å². The molecule has 1 saturated heterocycles. The third kappa shape index (κ3) is 1.53. The summed E-state index contributed by atoms with van der Waals surface area (Å²) in [5.41, 5.74) is 2.27. The van der Waals surface area contributed by atoms with E-state index in [4.69, 9.17) is 9.47 Å². The monoisotopic (exact) mass is 236 g/mol. The summed E-state index contributed by atoms with van der Waals surface area (Å²) in [4.78, 5) is 0. The molecule has 0 amide bonds. The van der Waals surface area contributed by atoms with Crippen LogP contribution in [-0.2, 0) is 9.47 Å². The maximum absolute atomic E-state index is 5.82. The quantitative estimate of drug-likeness (QED) is 0.599.